The van der Waals surface area contributed by atoms with Gasteiger partial charge in [0.1, 0.15) is 12.4 Å². The van der Waals surface area contributed by atoms with Gasteiger partial charge in [0.05, 0.1) is 85.9 Å². The summed E-state index contributed by atoms with van der Waals surface area (Å²) in [6, 6.07) is 7.29. The fourth-order valence-electron chi connectivity index (χ4n) is 3.54. The quantitative estimate of drug-likeness (QED) is 0.101. The molecular weight excluding hydrogens is 502 g/mol. The zero-order valence-corrected chi connectivity index (χ0v) is 24.4. The maximum absolute atomic E-state index is 5.64. The topological polar surface area (TPSA) is 99.9 Å². The molecule has 1 rings (SSSR count). The molecule has 0 unspecified atom stereocenters. The minimum absolute atomic E-state index is 0.487. The summed E-state index contributed by atoms with van der Waals surface area (Å²) in [7, 11) is 0. The molecule has 0 aliphatic rings. The Bertz CT molecular complexity index is 605. The van der Waals surface area contributed by atoms with Crippen molar-refractivity contribution < 1.29 is 37.9 Å². The van der Waals surface area contributed by atoms with Crippen LogP contribution in [0.3, 0.4) is 0 Å². The van der Waals surface area contributed by atoms with Crippen LogP contribution in [-0.4, -0.2) is 99.1 Å². The Morgan fingerprint density at radius 3 is 1.15 bits per heavy atom. The van der Waals surface area contributed by atoms with Crippen LogP contribution in [0.5, 0.6) is 5.75 Å². The smallest absolute Gasteiger partial charge is 0.119 e. The number of benzene rings is 1. The fraction of sp³-hybridized carbons (Fsp3) is 0.800. The van der Waals surface area contributed by atoms with Gasteiger partial charge in [0, 0.05) is 12.3 Å². The Labute approximate surface area is 236 Å². The van der Waals surface area contributed by atoms with E-state index in [0.29, 0.717) is 92.5 Å². The third kappa shape index (κ3) is 26.5. The Kier molecular flexibility index (Phi) is 26.9. The zero-order valence-electron chi connectivity index (χ0n) is 24.4. The SMILES string of the molecule is CCCCCCCCCCOCCOCCOCCOCCOCCOCCOCCOc1ccc(N)cc1. The van der Waals surface area contributed by atoms with Gasteiger partial charge in [-0.25, -0.2) is 0 Å². The van der Waals surface area contributed by atoms with Gasteiger partial charge in [-0.1, -0.05) is 51.9 Å². The molecule has 0 aliphatic carbocycles. The van der Waals surface area contributed by atoms with E-state index in [9.17, 15) is 0 Å². The summed E-state index contributed by atoms with van der Waals surface area (Å²) < 4.78 is 44.1. The summed E-state index contributed by atoms with van der Waals surface area (Å²) in [6.07, 6.45) is 10.6. The molecule has 0 atom stereocenters. The molecule has 228 valence electrons. The molecule has 0 aliphatic heterocycles. The molecule has 2 N–H and O–H groups in total. The summed E-state index contributed by atoms with van der Waals surface area (Å²) in [5, 5.41) is 0. The van der Waals surface area contributed by atoms with Crippen LogP contribution in [0.25, 0.3) is 0 Å². The van der Waals surface area contributed by atoms with Gasteiger partial charge < -0.3 is 43.6 Å². The van der Waals surface area contributed by atoms with E-state index < -0.39 is 0 Å². The lowest BCUT2D eigenvalue weighted by molar-refractivity contribution is -0.0213. The van der Waals surface area contributed by atoms with Crippen molar-refractivity contribution in [3.63, 3.8) is 0 Å². The van der Waals surface area contributed by atoms with Crippen LogP contribution in [0.1, 0.15) is 58.3 Å². The molecule has 1 aromatic carbocycles. The third-order valence-electron chi connectivity index (χ3n) is 5.75. The molecule has 0 radical (unpaired) electrons. The summed E-state index contributed by atoms with van der Waals surface area (Å²) >= 11 is 0. The van der Waals surface area contributed by atoms with Crippen LogP contribution in [0.2, 0.25) is 0 Å². The second kappa shape index (κ2) is 29.5. The molecule has 0 saturated heterocycles. The van der Waals surface area contributed by atoms with Crippen LogP contribution < -0.4 is 10.5 Å². The molecule has 0 saturated carbocycles. The molecule has 9 nitrogen and oxygen atoms in total. The van der Waals surface area contributed by atoms with Crippen molar-refractivity contribution in [1.82, 2.24) is 0 Å². The molecule has 1 aromatic rings. The van der Waals surface area contributed by atoms with E-state index in [-0.39, 0.29) is 0 Å². The number of unbranched alkanes of at least 4 members (excludes halogenated alkanes) is 7. The lowest BCUT2D eigenvalue weighted by atomic mass is 10.1. The zero-order chi connectivity index (χ0) is 27.9. The number of hydrogen-bond donors (Lipinski definition) is 1. The second-order valence-electron chi connectivity index (χ2n) is 9.18. The standard InChI is InChI=1S/C30H55NO8/c1-2-3-4-5-6-7-8-9-14-32-15-16-33-17-18-34-19-20-35-21-22-36-23-24-37-25-26-38-27-28-39-30-12-10-29(31)11-13-30/h10-13H,2-9,14-28,31H2,1H3. The summed E-state index contributed by atoms with van der Waals surface area (Å²) in [5.74, 6) is 0.781. The van der Waals surface area contributed by atoms with Gasteiger partial charge in [-0.05, 0) is 30.7 Å². The Balaban J connectivity index is 1.64. The van der Waals surface area contributed by atoms with Crippen molar-refractivity contribution >= 4 is 5.69 Å². The first-order valence-corrected chi connectivity index (χ1v) is 14.9. The van der Waals surface area contributed by atoms with Gasteiger partial charge in [0.2, 0.25) is 0 Å². The predicted molar refractivity (Wildman–Crippen MR) is 155 cm³/mol. The predicted octanol–water partition coefficient (Wildman–Crippen LogP) is 4.90. The highest BCUT2D eigenvalue weighted by atomic mass is 16.6. The molecule has 9 heteroatoms. The Hall–Kier alpha value is -1.46. The third-order valence-corrected chi connectivity index (χ3v) is 5.75. The normalized spacial score (nSPS) is 11.3. The molecule has 0 heterocycles. The number of rotatable bonds is 31. The van der Waals surface area contributed by atoms with E-state index in [1.165, 1.54) is 44.9 Å². The van der Waals surface area contributed by atoms with Crippen LogP contribution in [0.15, 0.2) is 24.3 Å². The summed E-state index contributed by atoms with van der Waals surface area (Å²) in [6.45, 7) is 10.7. The van der Waals surface area contributed by atoms with Gasteiger partial charge in [-0.3, -0.25) is 0 Å². The van der Waals surface area contributed by atoms with Crippen molar-refractivity contribution in [3.8, 4) is 5.75 Å². The van der Waals surface area contributed by atoms with Crippen LogP contribution in [0, 0.1) is 0 Å². The van der Waals surface area contributed by atoms with Crippen molar-refractivity contribution in [1.29, 1.82) is 0 Å². The Morgan fingerprint density at radius 1 is 0.410 bits per heavy atom. The first-order chi connectivity index (χ1) is 19.3. The van der Waals surface area contributed by atoms with E-state index >= 15 is 0 Å². The van der Waals surface area contributed by atoms with Gasteiger partial charge in [0.25, 0.3) is 0 Å². The lowest BCUT2D eigenvalue weighted by Gasteiger charge is -2.09. The first kappa shape index (κ1) is 35.6. The van der Waals surface area contributed by atoms with Crippen molar-refractivity contribution in [2.24, 2.45) is 0 Å². The molecule has 0 spiro atoms. The number of ether oxygens (including phenoxy) is 8. The maximum Gasteiger partial charge on any atom is 0.119 e. The molecule has 0 fully saturated rings. The van der Waals surface area contributed by atoms with Crippen molar-refractivity contribution in [3.05, 3.63) is 24.3 Å². The summed E-state index contributed by atoms with van der Waals surface area (Å²) in [4.78, 5) is 0. The molecule has 0 bridgehead atoms. The monoisotopic (exact) mass is 557 g/mol. The average molecular weight is 558 g/mol. The highest BCUT2D eigenvalue weighted by Crippen LogP contribution is 2.12. The van der Waals surface area contributed by atoms with Crippen LogP contribution in [0.4, 0.5) is 5.69 Å². The number of nitrogens with two attached hydrogens (primary N) is 1. The molecule has 0 aromatic heterocycles. The average Bonchev–Trinajstić information content (AvgIpc) is 2.95. The summed E-state index contributed by atoms with van der Waals surface area (Å²) in [5.41, 5.74) is 6.36. The van der Waals surface area contributed by atoms with Crippen molar-refractivity contribution in [2.75, 3.05) is 105 Å². The second-order valence-corrected chi connectivity index (χ2v) is 9.18. The van der Waals surface area contributed by atoms with E-state index in [2.05, 4.69) is 6.92 Å². The number of nitrogen functional groups attached to an aromatic ring is 1. The molecule has 0 amide bonds. The van der Waals surface area contributed by atoms with Crippen LogP contribution in [-0.2, 0) is 33.2 Å². The number of anilines is 1. The van der Waals surface area contributed by atoms with Gasteiger partial charge >= 0.3 is 0 Å². The largest absolute Gasteiger partial charge is 0.491 e. The minimum atomic E-state index is 0.487. The van der Waals surface area contributed by atoms with E-state index in [1.54, 1.807) is 0 Å². The van der Waals surface area contributed by atoms with E-state index in [4.69, 9.17) is 43.6 Å². The van der Waals surface area contributed by atoms with Crippen molar-refractivity contribution in [2.45, 2.75) is 58.3 Å². The molecule has 39 heavy (non-hydrogen) atoms. The van der Waals surface area contributed by atoms with Gasteiger partial charge in [0.15, 0.2) is 0 Å². The highest BCUT2D eigenvalue weighted by Gasteiger charge is 1.97. The molecular formula is C30H55NO8. The maximum atomic E-state index is 5.64. The lowest BCUT2D eigenvalue weighted by Crippen LogP contribution is -2.15. The highest BCUT2D eigenvalue weighted by molar-refractivity contribution is 5.41. The van der Waals surface area contributed by atoms with Gasteiger partial charge in [-0.15, -0.1) is 0 Å². The van der Waals surface area contributed by atoms with Gasteiger partial charge in [-0.2, -0.15) is 0 Å². The minimum Gasteiger partial charge on any atom is -0.491 e. The number of hydrogen-bond acceptors (Lipinski definition) is 9. The van der Waals surface area contributed by atoms with E-state index in [1.807, 2.05) is 24.3 Å². The van der Waals surface area contributed by atoms with E-state index in [0.717, 1.165) is 24.5 Å². The Morgan fingerprint density at radius 2 is 0.744 bits per heavy atom. The van der Waals surface area contributed by atoms with Crippen LogP contribution >= 0.6 is 0 Å². The fourth-order valence-corrected chi connectivity index (χ4v) is 3.54. The first-order valence-electron chi connectivity index (χ1n) is 14.9.